The molecule has 1 N–H and O–H groups in total. The Morgan fingerprint density at radius 2 is 2.17 bits per heavy atom. The van der Waals surface area contributed by atoms with E-state index in [1.54, 1.807) is 6.92 Å². The lowest BCUT2D eigenvalue weighted by atomic mass is 10.2. The lowest BCUT2D eigenvalue weighted by Gasteiger charge is -2.10. The normalized spacial score (nSPS) is 17.4. The first-order valence-corrected chi connectivity index (χ1v) is 7.46. The number of para-hydroxylation sites is 1. The quantitative estimate of drug-likeness (QED) is 0.940. The third-order valence-corrected chi connectivity index (χ3v) is 3.79. The molecule has 1 fully saturated rings. The zero-order valence-electron chi connectivity index (χ0n) is 12.7. The van der Waals surface area contributed by atoms with Crippen molar-refractivity contribution in [3.63, 3.8) is 0 Å². The highest BCUT2D eigenvalue weighted by Crippen LogP contribution is 2.19. The van der Waals surface area contributed by atoms with Crippen molar-refractivity contribution in [3.05, 3.63) is 47.3 Å². The number of aromatic nitrogens is 2. The van der Waals surface area contributed by atoms with Gasteiger partial charge in [0.25, 0.3) is 5.91 Å². The van der Waals surface area contributed by atoms with E-state index in [1.165, 1.54) is 12.3 Å². The van der Waals surface area contributed by atoms with Crippen molar-refractivity contribution in [1.82, 2.24) is 15.1 Å². The minimum absolute atomic E-state index is 0.0188. The van der Waals surface area contributed by atoms with Gasteiger partial charge in [-0.15, -0.1) is 0 Å². The largest absolute Gasteiger partial charge is 0.376 e. The van der Waals surface area contributed by atoms with Crippen molar-refractivity contribution in [3.8, 4) is 5.69 Å². The SMILES string of the molecule is Cc1cn(-c2c(F)cccc2F)nc1C(=O)NC[C@H]1CCCO1. The number of carbonyl (C=O) groups is 1. The number of nitrogens with one attached hydrogen (secondary N) is 1. The molecule has 2 aromatic rings. The summed E-state index contributed by atoms with van der Waals surface area (Å²) in [5, 5.41) is 6.78. The van der Waals surface area contributed by atoms with Crippen LogP contribution in [-0.4, -0.2) is 34.9 Å². The summed E-state index contributed by atoms with van der Waals surface area (Å²) in [6, 6.07) is 3.57. The van der Waals surface area contributed by atoms with Crippen LogP contribution in [0.4, 0.5) is 8.78 Å². The number of halogens is 2. The Bertz CT molecular complexity index is 704. The fourth-order valence-corrected chi connectivity index (χ4v) is 2.60. The first-order chi connectivity index (χ1) is 11.1. The monoisotopic (exact) mass is 321 g/mol. The zero-order chi connectivity index (χ0) is 16.4. The van der Waals surface area contributed by atoms with E-state index in [0.717, 1.165) is 29.7 Å². The number of hydrogen-bond acceptors (Lipinski definition) is 3. The van der Waals surface area contributed by atoms with Crippen LogP contribution in [0.2, 0.25) is 0 Å². The lowest BCUT2D eigenvalue weighted by molar-refractivity contribution is 0.0853. The molecule has 1 aromatic heterocycles. The summed E-state index contributed by atoms with van der Waals surface area (Å²) in [6.45, 7) is 2.78. The average Bonchev–Trinajstić information content (AvgIpc) is 3.14. The maximum Gasteiger partial charge on any atom is 0.272 e. The van der Waals surface area contributed by atoms with Crippen LogP contribution < -0.4 is 5.32 Å². The second-order valence-corrected chi connectivity index (χ2v) is 5.52. The lowest BCUT2D eigenvalue weighted by Crippen LogP contribution is -2.32. The van der Waals surface area contributed by atoms with Gasteiger partial charge in [-0.25, -0.2) is 13.5 Å². The molecule has 1 amide bonds. The first kappa shape index (κ1) is 15.6. The molecule has 1 aliphatic rings. The highest BCUT2D eigenvalue weighted by molar-refractivity contribution is 5.93. The number of benzene rings is 1. The molecule has 122 valence electrons. The Hall–Kier alpha value is -2.28. The van der Waals surface area contributed by atoms with Crippen molar-refractivity contribution in [1.29, 1.82) is 0 Å². The summed E-state index contributed by atoms with van der Waals surface area (Å²) >= 11 is 0. The van der Waals surface area contributed by atoms with Gasteiger partial charge in [-0.1, -0.05) is 6.07 Å². The maximum absolute atomic E-state index is 13.8. The number of rotatable bonds is 4. The van der Waals surface area contributed by atoms with Gasteiger partial charge in [0, 0.05) is 24.9 Å². The van der Waals surface area contributed by atoms with Crippen molar-refractivity contribution in [2.75, 3.05) is 13.2 Å². The van der Waals surface area contributed by atoms with Crippen LogP contribution in [0.25, 0.3) is 5.69 Å². The van der Waals surface area contributed by atoms with Gasteiger partial charge in [-0.05, 0) is 31.9 Å². The molecule has 23 heavy (non-hydrogen) atoms. The Morgan fingerprint density at radius 1 is 1.43 bits per heavy atom. The topological polar surface area (TPSA) is 56.2 Å². The second kappa shape index (κ2) is 6.45. The Kier molecular flexibility index (Phi) is 4.38. The molecule has 2 heterocycles. The van der Waals surface area contributed by atoms with Gasteiger partial charge in [-0.2, -0.15) is 5.10 Å². The molecular weight excluding hydrogens is 304 g/mol. The number of amides is 1. The number of hydrogen-bond donors (Lipinski definition) is 1. The van der Waals surface area contributed by atoms with Crippen LogP contribution in [0.5, 0.6) is 0 Å². The standard InChI is InChI=1S/C16H17F2N3O2/c1-10-9-21(15-12(17)5-2-6-13(15)18)20-14(10)16(22)19-8-11-4-3-7-23-11/h2,5-6,9,11H,3-4,7-8H2,1H3,(H,19,22)/t11-/m1/s1. The highest BCUT2D eigenvalue weighted by Gasteiger charge is 2.20. The molecule has 1 aliphatic heterocycles. The van der Waals surface area contributed by atoms with Crippen LogP contribution in [0, 0.1) is 18.6 Å². The number of nitrogens with zero attached hydrogens (tertiary/aromatic N) is 2. The van der Waals surface area contributed by atoms with E-state index in [0.29, 0.717) is 18.7 Å². The van der Waals surface area contributed by atoms with E-state index >= 15 is 0 Å². The molecule has 0 saturated carbocycles. The minimum Gasteiger partial charge on any atom is -0.376 e. The minimum atomic E-state index is -0.737. The molecule has 0 spiro atoms. The Morgan fingerprint density at radius 3 is 2.83 bits per heavy atom. The van der Waals surface area contributed by atoms with E-state index in [2.05, 4.69) is 10.4 Å². The van der Waals surface area contributed by atoms with Gasteiger partial charge in [0.05, 0.1) is 6.10 Å². The predicted octanol–water partition coefficient (Wildman–Crippen LogP) is 2.37. The average molecular weight is 321 g/mol. The van der Waals surface area contributed by atoms with Gasteiger partial charge in [-0.3, -0.25) is 4.79 Å². The van der Waals surface area contributed by atoms with E-state index in [9.17, 15) is 13.6 Å². The summed E-state index contributed by atoms with van der Waals surface area (Å²) in [7, 11) is 0. The maximum atomic E-state index is 13.8. The molecule has 0 radical (unpaired) electrons. The summed E-state index contributed by atoms with van der Waals surface area (Å²) in [4.78, 5) is 12.2. The fraction of sp³-hybridized carbons (Fsp3) is 0.375. The van der Waals surface area contributed by atoms with Crippen molar-refractivity contribution < 1.29 is 18.3 Å². The molecule has 7 heteroatoms. The third kappa shape index (κ3) is 3.24. The van der Waals surface area contributed by atoms with Gasteiger partial charge < -0.3 is 10.1 Å². The molecule has 1 saturated heterocycles. The molecule has 1 aromatic carbocycles. The number of ether oxygens (including phenoxy) is 1. The summed E-state index contributed by atoms with van der Waals surface area (Å²) in [6.07, 6.45) is 3.35. The molecular formula is C16H17F2N3O2. The van der Waals surface area contributed by atoms with Crippen LogP contribution in [0.3, 0.4) is 0 Å². The summed E-state index contributed by atoms with van der Waals surface area (Å²) in [5.74, 6) is -1.86. The highest BCUT2D eigenvalue weighted by atomic mass is 19.1. The summed E-state index contributed by atoms with van der Waals surface area (Å²) < 4.78 is 34.1. The van der Waals surface area contributed by atoms with Crippen LogP contribution in [0.1, 0.15) is 28.9 Å². The van der Waals surface area contributed by atoms with Crippen LogP contribution in [0.15, 0.2) is 24.4 Å². The van der Waals surface area contributed by atoms with E-state index in [4.69, 9.17) is 4.74 Å². The predicted molar refractivity (Wildman–Crippen MR) is 79.5 cm³/mol. The van der Waals surface area contributed by atoms with Crippen molar-refractivity contribution >= 4 is 5.91 Å². The smallest absolute Gasteiger partial charge is 0.272 e. The van der Waals surface area contributed by atoms with Crippen LogP contribution in [-0.2, 0) is 4.74 Å². The van der Waals surface area contributed by atoms with E-state index in [1.807, 2.05) is 0 Å². The Labute approximate surface area is 132 Å². The van der Waals surface area contributed by atoms with Crippen molar-refractivity contribution in [2.45, 2.75) is 25.9 Å². The van der Waals surface area contributed by atoms with Gasteiger partial charge in [0.15, 0.2) is 17.3 Å². The molecule has 3 rings (SSSR count). The fourth-order valence-electron chi connectivity index (χ4n) is 2.60. The Balaban J connectivity index is 1.79. The number of carbonyl (C=O) groups excluding carboxylic acids is 1. The molecule has 5 nitrogen and oxygen atoms in total. The van der Waals surface area contributed by atoms with E-state index < -0.39 is 11.6 Å². The second-order valence-electron chi connectivity index (χ2n) is 5.52. The van der Waals surface area contributed by atoms with Gasteiger partial charge >= 0.3 is 0 Å². The van der Waals surface area contributed by atoms with Crippen LogP contribution >= 0.6 is 0 Å². The molecule has 1 atom stereocenters. The third-order valence-electron chi connectivity index (χ3n) is 3.79. The van der Waals surface area contributed by atoms with E-state index in [-0.39, 0.29) is 23.4 Å². The number of aryl methyl sites for hydroxylation is 1. The van der Waals surface area contributed by atoms with Crippen molar-refractivity contribution in [2.24, 2.45) is 0 Å². The molecule has 0 aliphatic carbocycles. The van der Waals surface area contributed by atoms with Gasteiger partial charge in [0.2, 0.25) is 0 Å². The zero-order valence-corrected chi connectivity index (χ0v) is 12.7. The summed E-state index contributed by atoms with van der Waals surface area (Å²) in [5.41, 5.74) is 0.386. The van der Waals surface area contributed by atoms with Gasteiger partial charge in [0.1, 0.15) is 5.69 Å². The molecule has 0 unspecified atom stereocenters. The molecule has 0 bridgehead atoms. The first-order valence-electron chi connectivity index (χ1n) is 7.46.